The van der Waals surface area contributed by atoms with Crippen LogP contribution in [0.2, 0.25) is 0 Å². The highest BCUT2D eigenvalue weighted by atomic mass is 32.2. The summed E-state index contributed by atoms with van der Waals surface area (Å²) >= 11 is 0. The molecule has 164 valence electrons. The second kappa shape index (κ2) is 10.2. The van der Waals surface area contributed by atoms with Crippen molar-refractivity contribution >= 4 is 27.4 Å². The molecule has 0 bridgehead atoms. The first-order valence-electron chi connectivity index (χ1n) is 9.98. The van der Waals surface area contributed by atoms with E-state index in [1.807, 2.05) is 0 Å². The van der Waals surface area contributed by atoms with Crippen molar-refractivity contribution in [3.8, 4) is 0 Å². The van der Waals surface area contributed by atoms with Gasteiger partial charge >= 0.3 is 0 Å². The number of sulfonamides is 1. The van der Waals surface area contributed by atoms with Gasteiger partial charge in [0.05, 0.1) is 4.90 Å². The highest BCUT2D eigenvalue weighted by molar-refractivity contribution is 7.89. The Balaban J connectivity index is 1.74. The van der Waals surface area contributed by atoms with Gasteiger partial charge in [-0.25, -0.2) is 8.42 Å². The van der Waals surface area contributed by atoms with E-state index in [0.717, 1.165) is 5.56 Å². The van der Waals surface area contributed by atoms with Gasteiger partial charge in [0, 0.05) is 29.9 Å². The van der Waals surface area contributed by atoms with E-state index in [1.165, 1.54) is 17.3 Å². The van der Waals surface area contributed by atoms with Gasteiger partial charge in [0.1, 0.15) is 0 Å². The lowest BCUT2D eigenvalue weighted by Crippen LogP contribution is -2.30. The van der Waals surface area contributed by atoms with E-state index in [4.69, 9.17) is 0 Å². The summed E-state index contributed by atoms with van der Waals surface area (Å²) in [7, 11) is -3.68. The molecule has 0 atom stereocenters. The summed E-state index contributed by atoms with van der Waals surface area (Å²) in [5.41, 5.74) is 2.20. The fourth-order valence-electron chi connectivity index (χ4n) is 3.12. The molecule has 0 aliphatic rings. The molecule has 0 fully saturated rings. The maximum absolute atomic E-state index is 13.0. The third kappa shape index (κ3) is 5.57. The maximum atomic E-state index is 13.0. The van der Waals surface area contributed by atoms with Crippen molar-refractivity contribution in [3.63, 3.8) is 0 Å². The van der Waals surface area contributed by atoms with Crippen LogP contribution in [0.1, 0.15) is 33.2 Å². The number of hydrogen-bond donors (Lipinski definition) is 1. The second-order valence-electron chi connectivity index (χ2n) is 7.19. The van der Waals surface area contributed by atoms with Gasteiger partial charge in [-0.05, 0) is 48.9 Å². The highest BCUT2D eigenvalue weighted by Crippen LogP contribution is 2.19. The first-order valence-corrected chi connectivity index (χ1v) is 11.4. The quantitative estimate of drug-likeness (QED) is 0.385. The molecule has 3 aromatic carbocycles. The number of carbonyl (C=O) groups excluding carboxylic acids is 2. The van der Waals surface area contributed by atoms with E-state index >= 15 is 0 Å². The van der Waals surface area contributed by atoms with Crippen LogP contribution < -0.4 is 5.32 Å². The molecular formula is C25H24N2O4S. The molecule has 0 radical (unpaired) electrons. The fraction of sp³-hybridized carbons (Fsp3) is 0.120. The molecule has 0 spiro atoms. The van der Waals surface area contributed by atoms with Crippen molar-refractivity contribution in [1.82, 2.24) is 4.31 Å². The molecule has 0 unspecified atom stereocenters. The largest absolute Gasteiger partial charge is 0.322 e. The van der Waals surface area contributed by atoms with E-state index in [0.29, 0.717) is 16.8 Å². The van der Waals surface area contributed by atoms with Crippen LogP contribution >= 0.6 is 0 Å². The van der Waals surface area contributed by atoms with Crippen LogP contribution in [0.15, 0.2) is 96.4 Å². The Morgan fingerprint density at radius 3 is 2.25 bits per heavy atom. The molecule has 0 aliphatic carbocycles. The lowest BCUT2D eigenvalue weighted by molar-refractivity contribution is 0.101. The predicted octanol–water partition coefficient (Wildman–Crippen LogP) is 4.52. The summed E-state index contributed by atoms with van der Waals surface area (Å²) in [6.07, 6.45) is 1.54. The van der Waals surface area contributed by atoms with Crippen LogP contribution in [0.4, 0.5) is 5.69 Å². The predicted molar refractivity (Wildman–Crippen MR) is 125 cm³/mol. The Morgan fingerprint density at radius 2 is 1.62 bits per heavy atom. The first kappa shape index (κ1) is 23.1. The number of nitrogens with one attached hydrogen (secondary N) is 1. The Bertz CT molecular complexity index is 1220. The minimum atomic E-state index is -3.68. The zero-order valence-electron chi connectivity index (χ0n) is 17.7. The highest BCUT2D eigenvalue weighted by Gasteiger charge is 2.23. The van der Waals surface area contributed by atoms with E-state index in [-0.39, 0.29) is 29.7 Å². The minimum Gasteiger partial charge on any atom is -0.322 e. The van der Waals surface area contributed by atoms with E-state index < -0.39 is 10.0 Å². The van der Waals surface area contributed by atoms with Gasteiger partial charge in [0.15, 0.2) is 5.78 Å². The van der Waals surface area contributed by atoms with Crippen LogP contribution in [0.3, 0.4) is 0 Å². The summed E-state index contributed by atoms with van der Waals surface area (Å²) < 4.78 is 27.3. The molecule has 0 heterocycles. The molecular weight excluding hydrogens is 424 g/mol. The average molecular weight is 449 g/mol. The van der Waals surface area contributed by atoms with Crippen molar-refractivity contribution in [2.45, 2.75) is 18.4 Å². The number of benzene rings is 3. The van der Waals surface area contributed by atoms with Gasteiger partial charge in [-0.15, -0.1) is 6.58 Å². The number of Topliss-reactive ketones (excluding diaryl/α,β-unsaturated/α-hetero) is 1. The topological polar surface area (TPSA) is 83.6 Å². The summed E-state index contributed by atoms with van der Waals surface area (Å²) in [5, 5.41) is 2.77. The summed E-state index contributed by atoms with van der Waals surface area (Å²) in [6.45, 7) is 5.43. The molecule has 3 aromatic rings. The van der Waals surface area contributed by atoms with E-state index in [9.17, 15) is 18.0 Å². The number of amides is 1. The molecule has 0 saturated carbocycles. The summed E-state index contributed by atoms with van der Waals surface area (Å²) in [5.74, 6) is -0.405. The lowest BCUT2D eigenvalue weighted by atomic mass is 10.1. The SMILES string of the molecule is C=CCN(Cc1ccc(C(=O)Nc2cccc(C(C)=O)c2)cc1)S(=O)(=O)c1ccccc1. The smallest absolute Gasteiger partial charge is 0.255 e. The normalized spacial score (nSPS) is 11.2. The van der Waals surface area contributed by atoms with Crippen LogP contribution in [0.25, 0.3) is 0 Å². The van der Waals surface area contributed by atoms with Crippen molar-refractivity contribution in [2.75, 3.05) is 11.9 Å². The molecule has 32 heavy (non-hydrogen) atoms. The molecule has 6 nitrogen and oxygen atoms in total. The maximum Gasteiger partial charge on any atom is 0.255 e. The standard InChI is InChI=1S/C25H24N2O4S/c1-3-16-27(32(30,31)24-10-5-4-6-11-24)18-20-12-14-21(15-13-20)25(29)26-23-9-7-8-22(17-23)19(2)28/h3-15,17H,1,16,18H2,2H3,(H,26,29). The van der Waals surface area contributed by atoms with Crippen LogP contribution in [-0.2, 0) is 16.6 Å². The Kier molecular flexibility index (Phi) is 7.35. The van der Waals surface area contributed by atoms with Crippen molar-refractivity contribution < 1.29 is 18.0 Å². The van der Waals surface area contributed by atoms with Gasteiger partial charge < -0.3 is 5.32 Å². The molecule has 3 rings (SSSR count). The number of anilines is 1. The van der Waals surface area contributed by atoms with Gasteiger partial charge in [-0.2, -0.15) is 4.31 Å². The number of ketones is 1. The van der Waals surface area contributed by atoms with Gasteiger partial charge in [-0.1, -0.05) is 48.5 Å². The van der Waals surface area contributed by atoms with Crippen LogP contribution in [-0.4, -0.2) is 31.0 Å². The molecule has 1 amide bonds. The lowest BCUT2D eigenvalue weighted by Gasteiger charge is -2.21. The van der Waals surface area contributed by atoms with Crippen LogP contribution in [0, 0.1) is 0 Å². The molecule has 0 aliphatic heterocycles. The molecule has 0 saturated heterocycles. The third-order valence-corrected chi connectivity index (χ3v) is 6.64. The zero-order chi connectivity index (χ0) is 23.1. The zero-order valence-corrected chi connectivity index (χ0v) is 18.5. The average Bonchev–Trinajstić information content (AvgIpc) is 2.80. The second-order valence-corrected chi connectivity index (χ2v) is 9.13. The number of hydrogen-bond acceptors (Lipinski definition) is 4. The van der Waals surface area contributed by atoms with Crippen molar-refractivity contribution in [3.05, 3.63) is 108 Å². The molecule has 7 heteroatoms. The van der Waals surface area contributed by atoms with Crippen molar-refractivity contribution in [1.29, 1.82) is 0 Å². The van der Waals surface area contributed by atoms with Gasteiger partial charge in [0.25, 0.3) is 5.91 Å². The number of carbonyl (C=O) groups is 2. The van der Waals surface area contributed by atoms with E-state index in [2.05, 4.69) is 11.9 Å². The Hall–Kier alpha value is -3.55. The summed E-state index contributed by atoms with van der Waals surface area (Å²) in [4.78, 5) is 24.3. The van der Waals surface area contributed by atoms with Gasteiger partial charge in [-0.3, -0.25) is 9.59 Å². The first-order chi connectivity index (χ1) is 15.3. The number of rotatable bonds is 9. The Morgan fingerprint density at radius 1 is 0.938 bits per heavy atom. The monoisotopic (exact) mass is 448 g/mol. The number of nitrogens with zero attached hydrogens (tertiary/aromatic N) is 1. The Labute approximate surface area is 188 Å². The molecule has 1 N–H and O–H groups in total. The minimum absolute atomic E-state index is 0.0833. The van der Waals surface area contributed by atoms with Crippen molar-refractivity contribution in [2.24, 2.45) is 0 Å². The molecule has 0 aromatic heterocycles. The van der Waals surface area contributed by atoms with Crippen LogP contribution in [0.5, 0.6) is 0 Å². The fourth-order valence-corrected chi connectivity index (χ4v) is 4.54. The van der Waals surface area contributed by atoms with E-state index in [1.54, 1.807) is 78.9 Å². The van der Waals surface area contributed by atoms with Gasteiger partial charge in [0.2, 0.25) is 10.0 Å². The third-order valence-electron chi connectivity index (χ3n) is 4.82. The summed E-state index contributed by atoms with van der Waals surface area (Å²) in [6, 6.07) is 21.7.